The lowest BCUT2D eigenvalue weighted by molar-refractivity contribution is -0.484. The van der Waals surface area contributed by atoms with Crippen LogP contribution in [0.5, 0.6) is 0 Å². The Morgan fingerprint density at radius 2 is 1.55 bits per heavy atom. The Morgan fingerprint density at radius 3 is 2.17 bits per heavy atom. The molecule has 4 heterocycles. The Labute approximate surface area is 309 Å². The molecule has 0 aromatic carbocycles. The Balaban J connectivity index is 1.47. The molecule has 4 rings (SSSR count). The number of ether oxygens (including phenoxy) is 7. The van der Waals surface area contributed by atoms with Crippen molar-refractivity contribution < 1.29 is 83.9 Å². The van der Waals surface area contributed by atoms with E-state index in [1.54, 1.807) is 20.8 Å². The van der Waals surface area contributed by atoms with E-state index >= 15 is 0 Å². The maximum Gasteiger partial charge on any atom is 0.220 e. The van der Waals surface area contributed by atoms with Crippen molar-refractivity contribution in [3.63, 3.8) is 0 Å². The summed E-state index contributed by atoms with van der Waals surface area (Å²) in [7, 11) is 0. The first-order valence-electron chi connectivity index (χ1n) is 18.6. The largest absolute Gasteiger partial charge is 0.394 e. The second-order valence-electron chi connectivity index (χ2n) is 14.9. The monoisotopic (exact) mass is 770 g/mol. The second kappa shape index (κ2) is 19.3. The number of rotatable bonds is 19. The highest BCUT2D eigenvalue weighted by atomic mass is 16.7. The van der Waals surface area contributed by atoms with E-state index in [4.69, 9.17) is 38.9 Å². The zero-order valence-electron chi connectivity index (χ0n) is 30.9. The summed E-state index contributed by atoms with van der Waals surface area (Å²) in [6.07, 6.45) is -18.0. The van der Waals surface area contributed by atoms with Crippen LogP contribution in [0.3, 0.4) is 0 Å². The second-order valence-corrected chi connectivity index (χ2v) is 14.9. The minimum atomic E-state index is -2.36. The molecule has 12 N–H and O–H groups in total. The predicted octanol–water partition coefficient (Wildman–Crippen LogP) is -4.27. The molecular formula is C34H62N2O17. The first-order chi connectivity index (χ1) is 25.1. The zero-order valence-corrected chi connectivity index (χ0v) is 30.9. The maximum absolute atomic E-state index is 12.1. The smallest absolute Gasteiger partial charge is 0.220 e. The van der Waals surface area contributed by atoms with Crippen LogP contribution in [0.25, 0.3) is 0 Å². The number of aliphatic hydroxyl groups excluding tert-OH is 8. The molecule has 1 amide bonds. The number of aliphatic hydroxyl groups is 9. The van der Waals surface area contributed by atoms with E-state index in [1.807, 2.05) is 6.92 Å². The summed E-state index contributed by atoms with van der Waals surface area (Å²) < 4.78 is 41.4. The van der Waals surface area contributed by atoms with Crippen LogP contribution in [0.4, 0.5) is 0 Å². The number of amides is 1. The number of carbonyl (C=O) groups is 1. The van der Waals surface area contributed by atoms with Crippen LogP contribution in [0.1, 0.15) is 59.8 Å². The fourth-order valence-corrected chi connectivity index (χ4v) is 7.71. The van der Waals surface area contributed by atoms with E-state index in [1.165, 1.54) is 0 Å². The Morgan fingerprint density at radius 1 is 0.887 bits per heavy atom. The minimum absolute atomic E-state index is 0.0369. The van der Waals surface area contributed by atoms with Gasteiger partial charge in [-0.05, 0) is 46.6 Å². The van der Waals surface area contributed by atoms with Crippen molar-refractivity contribution in [2.75, 3.05) is 39.5 Å². The molecule has 17 atom stereocenters. The van der Waals surface area contributed by atoms with E-state index in [0.717, 1.165) is 12.8 Å². The van der Waals surface area contributed by atoms with E-state index < -0.39 is 129 Å². The van der Waals surface area contributed by atoms with Crippen molar-refractivity contribution in [3.05, 3.63) is 0 Å². The van der Waals surface area contributed by atoms with Gasteiger partial charge in [0.2, 0.25) is 11.7 Å². The summed E-state index contributed by atoms with van der Waals surface area (Å²) in [6, 6.07) is 0. The average Bonchev–Trinajstić information content (AvgIpc) is 3.11. The fraction of sp³-hybridized carbons (Fsp3) is 0.971. The van der Waals surface area contributed by atoms with Crippen molar-refractivity contribution in [3.8, 4) is 0 Å². The van der Waals surface area contributed by atoms with Gasteiger partial charge in [-0.15, -0.1) is 0 Å². The first kappa shape index (κ1) is 44.5. The van der Waals surface area contributed by atoms with Gasteiger partial charge < -0.3 is 90.2 Å². The van der Waals surface area contributed by atoms with Crippen LogP contribution in [-0.2, 0) is 38.0 Å². The van der Waals surface area contributed by atoms with Gasteiger partial charge in [-0.2, -0.15) is 0 Å². The van der Waals surface area contributed by atoms with E-state index in [-0.39, 0.29) is 19.1 Å². The van der Waals surface area contributed by atoms with E-state index in [9.17, 15) is 50.8 Å². The third-order valence-electron chi connectivity index (χ3n) is 10.6. The molecule has 0 aromatic heterocycles. The summed E-state index contributed by atoms with van der Waals surface area (Å²) >= 11 is 0. The normalized spacial score (nSPS) is 42.4. The molecule has 0 spiro atoms. The highest BCUT2D eigenvalue weighted by Crippen LogP contribution is 2.51. The molecule has 11 unspecified atom stereocenters. The highest BCUT2D eigenvalue weighted by Gasteiger charge is 2.71. The SMILES string of the molecule is CCCC(C)O[C@@H]1C(O)[C@H](O)C(CO)OC1C1(O)OC2C(O)[C@@H](OC3C(O)[C@@H](C(C)(C)OCCNC(=O)CCCCN)OC(CO)[C@@H]3O)OC(CO)[C@H]21. The average molecular weight is 771 g/mol. The standard InChI is InChI=1S/C34H62N2O17/c1-5-8-16(2)48-29-24(43)22(41)18(14-38)50-31(29)34(46)21-17(13-37)51-32(26(45)27(21)53-34)52-28-23(42)19(15-39)49-30(25(28)44)33(3,4)47-12-11-36-20(40)9-6-7-10-35/h16-19,21-32,37-39,41-46H,5-15,35H2,1-4H3,(H,36,40)/t16?,17?,18?,19?,21-,22-,23+,24?,25?,26?,27?,28?,29-,30+,31?,32-,34?/m1/s1. The van der Waals surface area contributed by atoms with Gasteiger partial charge in [0, 0.05) is 13.0 Å². The maximum atomic E-state index is 12.1. The van der Waals surface area contributed by atoms with Gasteiger partial charge in [0.15, 0.2) is 6.29 Å². The number of unbranched alkanes of at least 4 members (excludes halogenated alkanes) is 1. The number of nitrogens with one attached hydrogen (secondary N) is 1. The van der Waals surface area contributed by atoms with Crippen LogP contribution in [0, 0.1) is 5.92 Å². The van der Waals surface area contributed by atoms with Crippen LogP contribution in [0.15, 0.2) is 0 Å². The summed E-state index contributed by atoms with van der Waals surface area (Å²) in [5, 5.41) is 101. The third-order valence-corrected chi connectivity index (χ3v) is 10.6. The lowest BCUT2D eigenvalue weighted by Crippen LogP contribution is -2.81. The molecular weight excluding hydrogens is 708 g/mol. The summed E-state index contributed by atoms with van der Waals surface area (Å²) in [5.74, 6) is -3.73. The predicted molar refractivity (Wildman–Crippen MR) is 181 cm³/mol. The molecule has 0 saturated carbocycles. The molecule has 4 saturated heterocycles. The van der Waals surface area contributed by atoms with Crippen molar-refractivity contribution in [2.45, 2.75) is 163 Å². The molecule has 0 aliphatic carbocycles. The Kier molecular flexibility index (Phi) is 16.2. The summed E-state index contributed by atoms with van der Waals surface area (Å²) in [5.41, 5.74) is 4.21. The van der Waals surface area contributed by atoms with Crippen LogP contribution >= 0.6 is 0 Å². The molecule has 0 bridgehead atoms. The first-order valence-corrected chi connectivity index (χ1v) is 18.6. The lowest BCUT2D eigenvalue weighted by atomic mass is 9.71. The van der Waals surface area contributed by atoms with Crippen LogP contribution in [-0.4, -0.2) is 195 Å². The van der Waals surface area contributed by atoms with Gasteiger partial charge in [-0.1, -0.05) is 13.3 Å². The Bertz CT molecular complexity index is 1140. The molecule has 19 nitrogen and oxygen atoms in total. The molecule has 53 heavy (non-hydrogen) atoms. The third kappa shape index (κ3) is 9.67. The topological polar surface area (TPSA) is 302 Å². The van der Waals surface area contributed by atoms with Crippen molar-refractivity contribution in [1.82, 2.24) is 5.32 Å². The quantitative estimate of drug-likeness (QED) is 0.0554. The lowest BCUT2D eigenvalue weighted by Gasteiger charge is -2.63. The molecule has 4 aliphatic rings. The van der Waals surface area contributed by atoms with Crippen molar-refractivity contribution >= 4 is 5.91 Å². The van der Waals surface area contributed by atoms with Gasteiger partial charge in [0.25, 0.3) is 0 Å². The number of nitrogens with two attached hydrogens (primary N) is 1. The van der Waals surface area contributed by atoms with Crippen molar-refractivity contribution in [2.24, 2.45) is 11.7 Å². The molecule has 0 aromatic rings. The minimum Gasteiger partial charge on any atom is -0.394 e. The van der Waals surface area contributed by atoms with E-state index in [2.05, 4.69) is 5.32 Å². The molecule has 4 aliphatic heterocycles. The number of fused-ring (bicyclic) bond motifs is 1. The van der Waals surface area contributed by atoms with Crippen LogP contribution in [0.2, 0.25) is 0 Å². The number of hydrogen-bond donors (Lipinski definition) is 11. The molecule has 0 radical (unpaired) electrons. The van der Waals surface area contributed by atoms with Gasteiger partial charge in [-0.25, -0.2) is 0 Å². The summed E-state index contributed by atoms with van der Waals surface area (Å²) in [6.45, 7) is 5.45. The zero-order chi connectivity index (χ0) is 39.2. The van der Waals surface area contributed by atoms with Crippen LogP contribution < -0.4 is 11.1 Å². The van der Waals surface area contributed by atoms with Gasteiger partial charge in [-0.3, -0.25) is 4.79 Å². The molecule has 310 valence electrons. The number of hydrogen-bond acceptors (Lipinski definition) is 18. The fourth-order valence-electron chi connectivity index (χ4n) is 7.71. The number of carbonyl (C=O) groups excluding carboxylic acids is 1. The molecule has 4 fully saturated rings. The Hall–Kier alpha value is -1.21. The summed E-state index contributed by atoms with van der Waals surface area (Å²) in [4.78, 5) is 12.1. The van der Waals surface area contributed by atoms with Gasteiger partial charge >= 0.3 is 0 Å². The molecule has 19 heteroatoms. The highest BCUT2D eigenvalue weighted by molar-refractivity contribution is 5.75. The van der Waals surface area contributed by atoms with E-state index in [0.29, 0.717) is 25.8 Å². The van der Waals surface area contributed by atoms with Gasteiger partial charge in [0.1, 0.15) is 73.2 Å². The van der Waals surface area contributed by atoms with Gasteiger partial charge in [0.05, 0.1) is 50.2 Å². The van der Waals surface area contributed by atoms with Crippen molar-refractivity contribution in [1.29, 1.82) is 0 Å².